The van der Waals surface area contributed by atoms with E-state index in [2.05, 4.69) is 14.7 Å². The number of nitrogens with one attached hydrogen (secondary N) is 1. The summed E-state index contributed by atoms with van der Waals surface area (Å²) in [5.74, 6) is 0.128. The van der Waals surface area contributed by atoms with Gasteiger partial charge in [0, 0.05) is 11.6 Å². The Hall–Kier alpha value is -2.18. The number of anilines is 1. The van der Waals surface area contributed by atoms with E-state index in [4.69, 9.17) is 11.6 Å². The normalized spacial score (nSPS) is 11.5. The summed E-state index contributed by atoms with van der Waals surface area (Å²) in [6.07, 6.45) is 1.39. The molecule has 0 aliphatic carbocycles. The van der Waals surface area contributed by atoms with Gasteiger partial charge in [0.05, 0.1) is 4.90 Å². The maximum absolute atomic E-state index is 12.5. The van der Waals surface area contributed by atoms with Crippen molar-refractivity contribution in [2.45, 2.75) is 4.90 Å². The van der Waals surface area contributed by atoms with Crippen molar-refractivity contribution in [1.29, 1.82) is 0 Å². The molecule has 0 fully saturated rings. The molecule has 0 aliphatic heterocycles. The van der Waals surface area contributed by atoms with E-state index in [1.165, 1.54) is 12.3 Å². The molecule has 21 heavy (non-hydrogen) atoms. The van der Waals surface area contributed by atoms with Crippen LogP contribution in [0.5, 0.6) is 0 Å². The molecular formula is C14H10ClN3O2S. The van der Waals surface area contributed by atoms with Gasteiger partial charge in [-0.25, -0.2) is 13.4 Å². The number of sulfonamides is 1. The van der Waals surface area contributed by atoms with Gasteiger partial charge in [-0.2, -0.15) is 4.98 Å². The highest BCUT2D eigenvalue weighted by Gasteiger charge is 2.17. The van der Waals surface area contributed by atoms with E-state index < -0.39 is 10.0 Å². The first-order chi connectivity index (χ1) is 10.1. The third kappa shape index (κ3) is 2.81. The van der Waals surface area contributed by atoms with Crippen LogP contribution in [-0.4, -0.2) is 18.4 Å². The average molecular weight is 320 g/mol. The number of hydrogen-bond donors (Lipinski definition) is 1. The minimum atomic E-state index is -3.76. The van der Waals surface area contributed by atoms with Gasteiger partial charge in [0.2, 0.25) is 5.28 Å². The Morgan fingerprint density at radius 3 is 2.57 bits per heavy atom. The topological polar surface area (TPSA) is 72.0 Å². The SMILES string of the molecule is O=S(=O)(Nc1ccnc(Cl)n1)c1cccc2ccccc12. The van der Waals surface area contributed by atoms with Crippen LogP contribution >= 0.6 is 11.6 Å². The molecule has 0 amide bonds. The Kier molecular flexibility index (Phi) is 3.48. The van der Waals surface area contributed by atoms with Crippen molar-refractivity contribution in [1.82, 2.24) is 9.97 Å². The van der Waals surface area contributed by atoms with Crippen molar-refractivity contribution in [3.8, 4) is 0 Å². The van der Waals surface area contributed by atoms with Crippen LogP contribution in [0.3, 0.4) is 0 Å². The second-order valence-electron chi connectivity index (χ2n) is 4.29. The largest absolute Gasteiger partial charge is 0.263 e. The maximum atomic E-state index is 12.5. The molecule has 1 aromatic heterocycles. The van der Waals surface area contributed by atoms with E-state index in [1.807, 2.05) is 18.2 Å². The fourth-order valence-corrected chi connectivity index (χ4v) is 3.39. The van der Waals surface area contributed by atoms with Gasteiger partial charge < -0.3 is 0 Å². The highest BCUT2D eigenvalue weighted by Crippen LogP contribution is 2.24. The van der Waals surface area contributed by atoms with E-state index in [0.717, 1.165) is 5.39 Å². The highest BCUT2D eigenvalue weighted by molar-refractivity contribution is 7.93. The van der Waals surface area contributed by atoms with Crippen LogP contribution < -0.4 is 4.72 Å². The molecule has 1 heterocycles. The Bertz CT molecular complexity index is 907. The summed E-state index contributed by atoms with van der Waals surface area (Å²) >= 11 is 5.66. The molecule has 0 spiro atoms. The van der Waals surface area contributed by atoms with Gasteiger partial charge in [-0.1, -0.05) is 36.4 Å². The van der Waals surface area contributed by atoms with Gasteiger partial charge >= 0.3 is 0 Å². The van der Waals surface area contributed by atoms with E-state index >= 15 is 0 Å². The smallest absolute Gasteiger partial charge is 0.263 e. The second kappa shape index (κ2) is 5.31. The molecule has 5 nitrogen and oxygen atoms in total. The van der Waals surface area contributed by atoms with Crippen molar-refractivity contribution in [3.63, 3.8) is 0 Å². The molecule has 106 valence electrons. The quantitative estimate of drug-likeness (QED) is 0.753. The van der Waals surface area contributed by atoms with Crippen molar-refractivity contribution in [3.05, 3.63) is 60.0 Å². The number of rotatable bonds is 3. The van der Waals surface area contributed by atoms with Crippen LogP contribution in [0.1, 0.15) is 0 Å². The van der Waals surface area contributed by atoms with Gasteiger partial charge in [0.1, 0.15) is 5.82 Å². The number of hydrogen-bond acceptors (Lipinski definition) is 4. The summed E-state index contributed by atoms with van der Waals surface area (Å²) < 4.78 is 27.4. The minimum Gasteiger partial charge on any atom is -0.263 e. The Morgan fingerprint density at radius 2 is 1.76 bits per heavy atom. The first-order valence-corrected chi connectivity index (χ1v) is 7.91. The molecule has 3 rings (SSSR count). The average Bonchev–Trinajstić information content (AvgIpc) is 2.46. The predicted octanol–water partition coefficient (Wildman–Crippen LogP) is 3.08. The van der Waals surface area contributed by atoms with Crippen LogP contribution in [-0.2, 0) is 10.0 Å². The minimum absolute atomic E-state index is 0.0203. The lowest BCUT2D eigenvalue weighted by Crippen LogP contribution is -2.14. The van der Waals surface area contributed by atoms with Crippen LogP contribution in [0, 0.1) is 0 Å². The summed E-state index contributed by atoms with van der Waals surface area (Å²) in [6, 6.07) is 13.8. The monoisotopic (exact) mass is 319 g/mol. The zero-order chi connectivity index (χ0) is 14.9. The molecule has 0 aliphatic rings. The molecule has 0 bridgehead atoms. The van der Waals surface area contributed by atoms with E-state index in [9.17, 15) is 8.42 Å². The van der Waals surface area contributed by atoms with Gasteiger partial charge in [0.25, 0.3) is 10.0 Å². The standard InChI is InChI=1S/C14H10ClN3O2S/c15-14-16-9-8-13(17-14)18-21(19,20)12-7-3-5-10-4-1-2-6-11(10)12/h1-9H,(H,16,17,18). The number of fused-ring (bicyclic) bond motifs is 1. The Labute approximate surface area is 126 Å². The fraction of sp³-hybridized carbons (Fsp3) is 0. The maximum Gasteiger partial charge on any atom is 0.263 e. The lowest BCUT2D eigenvalue weighted by molar-refractivity contribution is 0.602. The lowest BCUT2D eigenvalue weighted by atomic mass is 10.1. The summed E-state index contributed by atoms with van der Waals surface area (Å²) in [5, 5.41) is 1.47. The van der Waals surface area contributed by atoms with E-state index in [1.54, 1.807) is 24.3 Å². The zero-order valence-electron chi connectivity index (χ0n) is 10.7. The molecule has 7 heteroatoms. The Morgan fingerprint density at radius 1 is 1.00 bits per heavy atom. The van der Waals surface area contributed by atoms with E-state index in [-0.39, 0.29) is 16.0 Å². The van der Waals surface area contributed by atoms with Crippen molar-refractivity contribution >= 4 is 38.2 Å². The summed E-state index contributed by atoms with van der Waals surface area (Å²) in [7, 11) is -3.76. The van der Waals surface area contributed by atoms with Gasteiger partial charge in [-0.15, -0.1) is 0 Å². The molecule has 3 aromatic rings. The molecule has 0 saturated carbocycles. The van der Waals surface area contributed by atoms with Crippen LogP contribution in [0.4, 0.5) is 5.82 Å². The van der Waals surface area contributed by atoms with Gasteiger partial charge in [-0.3, -0.25) is 4.72 Å². The third-order valence-corrected chi connectivity index (χ3v) is 4.50. The first-order valence-electron chi connectivity index (χ1n) is 6.05. The zero-order valence-corrected chi connectivity index (χ0v) is 12.3. The van der Waals surface area contributed by atoms with Crippen LogP contribution in [0.2, 0.25) is 5.28 Å². The molecule has 0 radical (unpaired) electrons. The number of benzene rings is 2. The van der Waals surface area contributed by atoms with Crippen molar-refractivity contribution in [2.24, 2.45) is 0 Å². The van der Waals surface area contributed by atoms with Gasteiger partial charge in [0.15, 0.2) is 0 Å². The molecule has 0 atom stereocenters. The fourth-order valence-electron chi connectivity index (χ4n) is 2.01. The Balaban J connectivity index is 2.09. The third-order valence-electron chi connectivity index (χ3n) is 2.90. The lowest BCUT2D eigenvalue weighted by Gasteiger charge is -2.09. The number of nitrogens with zero attached hydrogens (tertiary/aromatic N) is 2. The van der Waals surface area contributed by atoms with Crippen molar-refractivity contribution < 1.29 is 8.42 Å². The first kappa shape index (κ1) is 13.8. The highest BCUT2D eigenvalue weighted by atomic mass is 35.5. The second-order valence-corrected chi connectivity index (χ2v) is 6.28. The van der Waals surface area contributed by atoms with Crippen molar-refractivity contribution in [2.75, 3.05) is 4.72 Å². The summed E-state index contributed by atoms with van der Waals surface area (Å²) in [4.78, 5) is 7.73. The van der Waals surface area contributed by atoms with Crippen LogP contribution in [0.15, 0.2) is 59.6 Å². The molecule has 2 aromatic carbocycles. The molecule has 0 saturated heterocycles. The summed E-state index contributed by atoms with van der Waals surface area (Å²) in [5.41, 5.74) is 0. The predicted molar refractivity (Wildman–Crippen MR) is 81.8 cm³/mol. The van der Waals surface area contributed by atoms with E-state index in [0.29, 0.717) is 5.39 Å². The molecule has 0 unspecified atom stereocenters. The van der Waals surface area contributed by atoms with Crippen LogP contribution in [0.25, 0.3) is 10.8 Å². The number of halogens is 1. The summed E-state index contributed by atoms with van der Waals surface area (Å²) in [6.45, 7) is 0. The molecule has 1 N–H and O–H groups in total. The van der Waals surface area contributed by atoms with Gasteiger partial charge in [-0.05, 0) is 29.1 Å². The molecular weight excluding hydrogens is 310 g/mol. The number of aromatic nitrogens is 2.